The van der Waals surface area contributed by atoms with Gasteiger partial charge in [0.05, 0.1) is 12.9 Å². The normalized spacial score (nSPS) is 16.6. The minimum absolute atomic E-state index is 0.0988. The molecule has 8 heteroatoms. The summed E-state index contributed by atoms with van der Waals surface area (Å²) in [5.41, 5.74) is -0.794. The molecule has 3 rings (SSSR count). The Morgan fingerprint density at radius 3 is 2.76 bits per heavy atom. The molecule has 0 spiro atoms. The first-order valence-electron chi connectivity index (χ1n) is 8.27. The zero-order chi connectivity index (χ0) is 17.7. The Labute approximate surface area is 145 Å². The molecule has 3 heterocycles. The quantitative estimate of drug-likeness (QED) is 0.784. The Hall–Kier alpha value is -2.61. The van der Waals surface area contributed by atoms with E-state index in [1.807, 2.05) is 0 Å². The second kappa shape index (κ2) is 7.52. The van der Waals surface area contributed by atoms with Crippen LogP contribution < -0.4 is 5.32 Å². The maximum absolute atomic E-state index is 12.8. The van der Waals surface area contributed by atoms with E-state index in [0.29, 0.717) is 44.8 Å². The third kappa shape index (κ3) is 3.43. The van der Waals surface area contributed by atoms with E-state index in [0.717, 1.165) is 0 Å². The minimum Gasteiger partial charge on any atom is -0.459 e. The second-order valence-electron chi connectivity index (χ2n) is 6.00. The number of ether oxygens (including phenoxy) is 1. The van der Waals surface area contributed by atoms with Crippen molar-refractivity contribution >= 4 is 11.8 Å². The highest BCUT2D eigenvalue weighted by Crippen LogP contribution is 2.30. The number of nitrogens with one attached hydrogen (secondary N) is 1. The summed E-state index contributed by atoms with van der Waals surface area (Å²) in [7, 11) is 1.59. The summed E-state index contributed by atoms with van der Waals surface area (Å²) in [6.45, 7) is 1.80. The molecule has 1 saturated heterocycles. The molecular weight excluding hydrogens is 324 g/mol. The third-order valence-electron chi connectivity index (χ3n) is 4.57. The van der Waals surface area contributed by atoms with Crippen molar-refractivity contribution in [3.63, 3.8) is 0 Å². The van der Waals surface area contributed by atoms with Gasteiger partial charge in [0.15, 0.2) is 5.76 Å². The molecule has 1 aliphatic heterocycles. The fourth-order valence-electron chi connectivity index (χ4n) is 3.15. The molecule has 0 atom stereocenters. The maximum Gasteiger partial charge on any atom is 0.289 e. The molecule has 0 unspecified atom stereocenters. The number of aromatic nitrogens is 2. The number of amides is 2. The highest BCUT2D eigenvalue weighted by atomic mass is 16.5. The van der Waals surface area contributed by atoms with Gasteiger partial charge < -0.3 is 19.4 Å². The topological polar surface area (TPSA) is 89.6 Å². The lowest BCUT2D eigenvalue weighted by atomic mass is 9.86. The highest BCUT2D eigenvalue weighted by Gasteiger charge is 2.44. The molecule has 0 aromatic carbocycles. The molecule has 1 N–H and O–H groups in total. The van der Waals surface area contributed by atoms with Gasteiger partial charge in [-0.25, -0.2) is 0 Å². The van der Waals surface area contributed by atoms with E-state index in [-0.39, 0.29) is 11.8 Å². The van der Waals surface area contributed by atoms with Crippen molar-refractivity contribution in [3.05, 3.63) is 42.6 Å². The van der Waals surface area contributed by atoms with Crippen LogP contribution in [0.15, 0.2) is 41.3 Å². The molecule has 2 aromatic heterocycles. The predicted octanol–water partition coefficient (Wildman–Crippen LogP) is 0.870. The van der Waals surface area contributed by atoms with Crippen LogP contribution >= 0.6 is 0 Å². The first-order valence-corrected chi connectivity index (χ1v) is 8.27. The van der Waals surface area contributed by atoms with E-state index in [2.05, 4.69) is 10.4 Å². The molecule has 2 aromatic rings. The SMILES string of the molecule is COCCNC(=O)C1(n2cccn2)CCN(C(=O)c2ccco2)CC1. The van der Waals surface area contributed by atoms with Crippen molar-refractivity contribution < 1.29 is 18.7 Å². The fraction of sp³-hybridized carbons (Fsp3) is 0.471. The fourth-order valence-corrected chi connectivity index (χ4v) is 3.15. The summed E-state index contributed by atoms with van der Waals surface area (Å²) >= 11 is 0. The van der Waals surface area contributed by atoms with Gasteiger partial charge in [0.2, 0.25) is 5.91 Å². The highest BCUT2D eigenvalue weighted by molar-refractivity contribution is 5.92. The van der Waals surface area contributed by atoms with Crippen LogP contribution in [-0.4, -0.2) is 59.8 Å². The van der Waals surface area contributed by atoms with Crippen molar-refractivity contribution in [2.45, 2.75) is 18.4 Å². The molecule has 1 aliphatic rings. The summed E-state index contributed by atoms with van der Waals surface area (Å²) in [5.74, 6) is 0.0633. The summed E-state index contributed by atoms with van der Waals surface area (Å²) in [6.07, 6.45) is 5.90. The van der Waals surface area contributed by atoms with Gasteiger partial charge in [-0.3, -0.25) is 14.3 Å². The van der Waals surface area contributed by atoms with Crippen LogP contribution in [0.5, 0.6) is 0 Å². The van der Waals surface area contributed by atoms with Crippen LogP contribution in [0.4, 0.5) is 0 Å². The molecule has 0 bridgehead atoms. The van der Waals surface area contributed by atoms with Gasteiger partial charge in [-0.2, -0.15) is 5.10 Å². The van der Waals surface area contributed by atoms with E-state index in [4.69, 9.17) is 9.15 Å². The van der Waals surface area contributed by atoms with Gasteiger partial charge in [-0.1, -0.05) is 0 Å². The van der Waals surface area contributed by atoms with Crippen LogP contribution in [0, 0.1) is 0 Å². The first kappa shape index (κ1) is 17.2. The molecule has 1 fully saturated rings. The Morgan fingerprint density at radius 2 is 2.16 bits per heavy atom. The van der Waals surface area contributed by atoms with Crippen LogP contribution in [0.1, 0.15) is 23.4 Å². The lowest BCUT2D eigenvalue weighted by Crippen LogP contribution is -2.56. The third-order valence-corrected chi connectivity index (χ3v) is 4.57. The smallest absolute Gasteiger partial charge is 0.289 e. The first-order chi connectivity index (χ1) is 12.2. The number of methoxy groups -OCH3 is 1. The predicted molar refractivity (Wildman–Crippen MR) is 88.9 cm³/mol. The Kier molecular flexibility index (Phi) is 5.18. The summed E-state index contributed by atoms with van der Waals surface area (Å²) < 4.78 is 11.9. The molecule has 0 radical (unpaired) electrons. The molecule has 25 heavy (non-hydrogen) atoms. The van der Waals surface area contributed by atoms with Gasteiger partial charge in [0.1, 0.15) is 5.54 Å². The maximum atomic E-state index is 12.8. The number of furan rings is 1. The number of hydrogen-bond donors (Lipinski definition) is 1. The van der Waals surface area contributed by atoms with Crippen molar-refractivity contribution in [2.75, 3.05) is 33.4 Å². The number of nitrogens with zero attached hydrogens (tertiary/aromatic N) is 3. The molecule has 0 aliphatic carbocycles. The van der Waals surface area contributed by atoms with E-state index in [9.17, 15) is 9.59 Å². The largest absolute Gasteiger partial charge is 0.459 e. The monoisotopic (exact) mass is 346 g/mol. The lowest BCUT2D eigenvalue weighted by Gasteiger charge is -2.40. The standard InChI is InChI=1S/C17H22N4O4/c1-24-13-8-18-16(23)17(21-9-3-7-19-21)5-10-20(11-6-17)15(22)14-4-2-12-25-14/h2-4,7,9,12H,5-6,8,10-11,13H2,1H3,(H,18,23). The molecule has 8 nitrogen and oxygen atoms in total. The minimum atomic E-state index is -0.794. The zero-order valence-corrected chi connectivity index (χ0v) is 14.2. The average molecular weight is 346 g/mol. The second-order valence-corrected chi connectivity index (χ2v) is 6.00. The zero-order valence-electron chi connectivity index (χ0n) is 14.2. The van der Waals surface area contributed by atoms with E-state index in [1.54, 1.807) is 47.3 Å². The van der Waals surface area contributed by atoms with Crippen molar-refractivity contribution in [3.8, 4) is 0 Å². The van der Waals surface area contributed by atoms with Gasteiger partial charge in [-0.15, -0.1) is 0 Å². The van der Waals surface area contributed by atoms with Crippen molar-refractivity contribution in [2.24, 2.45) is 0 Å². The van der Waals surface area contributed by atoms with Gasteiger partial charge >= 0.3 is 0 Å². The van der Waals surface area contributed by atoms with Crippen LogP contribution in [0.25, 0.3) is 0 Å². The van der Waals surface area contributed by atoms with Gasteiger partial charge in [0, 0.05) is 39.1 Å². The van der Waals surface area contributed by atoms with E-state index >= 15 is 0 Å². The Morgan fingerprint density at radius 1 is 1.36 bits per heavy atom. The number of piperidine rings is 1. The molecule has 134 valence electrons. The van der Waals surface area contributed by atoms with Crippen LogP contribution in [0.3, 0.4) is 0 Å². The summed E-state index contributed by atoms with van der Waals surface area (Å²) in [4.78, 5) is 27.0. The number of carbonyl (C=O) groups excluding carboxylic acids is 2. The summed E-state index contributed by atoms with van der Waals surface area (Å²) in [6, 6.07) is 5.13. The number of likely N-dealkylation sites (tertiary alicyclic amines) is 1. The van der Waals surface area contributed by atoms with Gasteiger partial charge in [-0.05, 0) is 31.0 Å². The summed E-state index contributed by atoms with van der Waals surface area (Å²) in [5, 5.41) is 7.19. The number of hydrogen-bond acceptors (Lipinski definition) is 5. The Bertz CT molecular complexity index is 688. The van der Waals surface area contributed by atoms with Gasteiger partial charge in [0.25, 0.3) is 5.91 Å². The average Bonchev–Trinajstić information content (AvgIpc) is 3.35. The number of carbonyl (C=O) groups is 2. The van der Waals surface area contributed by atoms with Crippen molar-refractivity contribution in [1.82, 2.24) is 20.0 Å². The molecule has 2 amide bonds. The van der Waals surface area contributed by atoms with Crippen LogP contribution in [-0.2, 0) is 15.1 Å². The van der Waals surface area contributed by atoms with E-state index in [1.165, 1.54) is 6.26 Å². The van der Waals surface area contributed by atoms with Crippen LogP contribution in [0.2, 0.25) is 0 Å². The number of rotatable bonds is 6. The molecule has 0 saturated carbocycles. The van der Waals surface area contributed by atoms with Crippen molar-refractivity contribution in [1.29, 1.82) is 0 Å². The Balaban J connectivity index is 1.73. The lowest BCUT2D eigenvalue weighted by molar-refractivity contribution is -0.133. The van der Waals surface area contributed by atoms with E-state index < -0.39 is 5.54 Å². The molecular formula is C17H22N4O4.